The molecule has 2 aliphatic heterocycles. The first-order chi connectivity index (χ1) is 9.69. The quantitative estimate of drug-likeness (QED) is 0.636. The Hall–Kier alpha value is -0.230. The zero-order chi connectivity index (χ0) is 15.0. The minimum atomic E-state index is 0.615. The molecule has 2 N–H and O–H groups in total. The van der Waals surface area contributed by atoms with Crippen LogP contribution in [0.15, 0.2) is 0 Å². The minimum Gasteiger partial charge on any atom is -0.300 e. The topological polar surface area (TPSA) is 35.7 Å². The molecule has 2 saturated heterocycles. The van der Waals surface area contributed by atoms with Gasteiger partial charge in [0.25, 0.3) is 0 Å². The fourth-order valence-corrected chi connectivity index (χ4v) is 3.20. The van der Waals surface area contributed by atoms with Gasteiger partial charge < -0.3 is 4.90 Å². The number of hydrogen-bond acceptors (Lipinski definition) is 4. The summed E-state index contributed by atoms with van der Waals surface area (Å²) in [5.74, 6) is 6.48. The SMILES string of the molecule is CC.CCN(CC1CCN(F)CC1)C1CCN(N)CC1. The maximum atomic E-state index is 13.0. The predicted octanol–water partition coefficient (Wildman–Crippen LogP) is 2.27. The molecular weight excluding hydrogens is 255 g/mol. The average Bonchev–Trinajstić information content (AvgIpc) is 2.50. The molecule has 4 nitrogen and oxygen atoms in total. The van der Waals surface area contributed by atoms with E-state index in [0.717, 1.165) is 44.1 Å². The molecular formula is C15H33FN4. The summed E-state index contributed by atoms with van der Waals surface area (Å²) >= 11 is 0. The summed E-state index contributed by atoms with van der Waals surface area (Å²) in [6.07, 6.45) is 4.35. The molecule has 20 heavy (non-hydrogen) atoms. The van der Waals surface area contributed by atoms with Gasteiger partial charge >= 0.3 is 0 Å². The molecule has 0 aromatic carbocycles. The fraction of sp³-hybridized carbons (Fsp3) is 1.00. The molecule has 120 valence electrons. The number of hydrazine groups is 1. The second kappa shape index (κ2) is 9.66. The third-order valence-corrected chi connectivity index (χ3v) is 4.47. The van der Waals surface area contributed by atoms with Gasteiger partial charge in [-0.1, -0.05) is 20.8 Å². The molecule has 2 heterocycles. The minimum absolute atomic E-state index is 0.615. The van der Waals surface area contributed by atoms with Gasteiger partial charge in [-0.05, 0) is 38.1 Å². The Labute approximate surface area is 124 Å². The highest BCUT2D eigenvalue weighted by Crippen LogP contribution is 2.22. The van der Waals surface area contributed by atoms with Crippen LogP contribution in [-0.2, 0) is 0 Å². The van der Waals surface area contributed by atoms with Crippen LogP contribution in [-0.4, -0.2) is 60.3 Å². The molecule has 0 aromatic rings. The number of halogens is 1. The molecule has 0 amide bonds. The van der Waals surface area contributed by atoms with Crippen molar-refractivity contribution in [3.05, 3.63) is 0 Å². The molecule has 0 radical (unpaired) electrons. The Morgan fingerprint density at radius 1 is 1.05 bits per heavy atom. The van der Waals surface area contributed by atoms with Gasteiger partial charge in [-0.25, -0.2) is 5.01 Å². The number of nitrogens with two attached hydrogens (primary N) is 1. The number of hydrogen-bond donors (Lipinski definition) is 1. The van der Waals surface area contributed by atoms with Crippen LogP contribution >= 0.6 is 0 Å². The highest BCUT2D eigenvalue weighted by molar-refractivity contribution is 4.80. The summed E-state index contributed by atoms with van der Waals surface area (Å²) < 4.78 is 13.0. The Morgan fingerprint density at radius 2 is 1.60 bits per heavy atom. The first kappa shape index (κ1) is 17.8. The largest absolute Gasteiger partial charge is 0.300 e. The van der Waals surface area contributed by atoms with E-state index in [4.69, 9.17) is 5.84 Å². The molecule has 0 bridgehead atoms. The molecule has 0 atom stereocenters. The van der Waals surface area contributed by atoms with Gasteiger partial charge in [0.15, 0.2) is 0 Å². The lowest BCUT2D eigenvalue weighted by atomic mass is 9.95. The lowest BCUT2D eigenvalue weighted by Crippen LogP contribution is -2.49. The van der Waals surface area contributed by atoms with Crippen molar-refractivity contribution in [3.63, 3.8) is 0 Å². The van der Waals surface area contributed by atoms with Crippen molar-refractivity contribution in [2.75, 3.05) is 39.3 Å². The third kappa shape index (κ3) is 5.64. The smallest absolute Gasteiger partial charge is 0.0293 e. The van der Waals surface area contributed by atoms with E-state index in [1.807, 2.05) is 18.9 Å². The van der Waals surface area contributed by atoms with Gasteiger partial charge in [0.05, 0.1) is 0 Å². The van der Waals surface area contributed by atoms with Crippen LogP contribution in [0.2, 0.25) is 0 Å². The van der Waals surface area contributed by atoms with E-state index in [0.29, 0.717) is 25.0 Å². The van der Waals surface area contributed by atoms with E-state index in [-0.39, 0.29) is 0 Å². The van der Waals surface area contributed by atoms with Crippen molar-refractivity contribution >= 4 is 0 Å². The van der Waals surface area contributed by atoms with Gasteiger partial charge in [0.2, 0.25) is 0 Å². The number of nitrogens with zero attached hydrogens (tertiary/aromatic N) is 3. The van der Waals surface area contributed by atoms with E-state index >= 15 is 0 Å². The van der Waals surface area contributed by atoms with Crippen LogP contribution < -0.4 is 5.84 Å². The highest BCUT2D eigenvalue weighted by Gasteiger charge is 2.26. The van der Waals surface area contributed by atoms with Crippen LogP contribution in [0.4, 0.5) is 4.48 Å². The lowest BCUT2D eigenvalue weighted by Gasteiger charge is -2.39. The molecule has 0 unspecified atom stereocenters. The Kier molecular flexibility index (Phi) is 8.61. The number of piperidine rings is 2. The van der Waals surface area contributed by atoms with Gasteiger partial charge in [-0.2, -0.15) is 0 Å². The van der Waals surface area contributed by atoms with Gasteiger partial charge in [0.1, 0.15) is 0 Å². The molecule has 0 saturated carbocycles. The van der Waals surface area contributed by atoms with Crippen LogP contribution in [0.1, 0.15) is 46.5 Å². The molecule has 0 aliphatic carbocycles. The lowest BCUT2D eigenvalue weighted by molar-refractivity contribution is -0.0170. The van der Waals surface area contributed by atoms with Crippen molar-refractivity contribution in [3.8, 4) is 0 Å². The summed E-state index contributed by atoms with van der Waals surface area (Å²) in [6.45, 7) is 11.7. The monoisotopic (exact) mass is 288 g/mol. The average molecular weight is 288 g/mol. The fourth-order valence-electron chi connectivity index (χ4n) is 3.20. The summed E-state index contributed by atoms with van der Waals surface area (Å²) in [7, 11) is 0. The first-order valence-electron chi connectivity index (χ1n) is 8.33. The van der Waals surface area contributed by atoms with Crippen LogP contribution in [0, 0.1) is 5.92 Å². The second-order valence-electron chi connectivity index (χ2n) is 5.71. The zero-order valence-electron chi connectivity index (χ0n) is 13.5. The van der Waals surface area contributed by atoms with Crippen molar-refractivity contribution in [1.29, 1.82) is 0 Å². The summed E-state index contributed by atoms with van der Waals surface area (Å²) in [6, 6.07) is 0.679. The first-order valence-corrected chi connectivity index (χ1v) is 8.33. The molecule has 2 fully saturated rings. The Balaban J connectivity index is 0.000000956. The summed E-state index contributed by atoms with van der Waals surface area (Å²) in [5, 5.41) is 2.88. The molecule has 0 spiro atoms. The predicted molar refractivity (Wildman–Crippen MR) is 82.8 cm³/mol. The maximum Gasteiger partial charge on any atom is 0.0293 e. The number of rotatable bonds is 4. The molecule has 2 aliphatic rings. The highest BCUT2D eigenvalue weighted by atomic mass is 19.2. The van der Waals surface area contributed by atoms with E-state index in [1.54, 1.807) is 0 Å². The van der Waals surface area contributed by atoms with Gasteiger partial charge in [-0.15, -0.1) is 9.60 Å². The van der Waals surface area contributed by atoms with Crippen molar-refractivity contribution in [1.82, 2.24) is 15.0 Å². The Bertz CT molecular complexity index is 236. The molecule has 0 aromatic heterocycles. The van der Waals surface area contributed by atoms with Crippen LogP contribution in [0.25, 0.3) is 0 Å². The summed E-state index contributed by atoms with van der Waals surface area (Å²) in [4.78, 5) is 2.59. The summed E-state index contributed by atoms with van der Waals surface area (Å²) in [5.41, 5.74) is 0. The van der Waals surface area contributed by atoms with E-state index in [9.17, 15) is 4.48 Å². The standard InChI is InChI=1S/C13H27FN4.C2H6/c1-2-16(13-5-9-18(15)10-6-13)11-12-3-7-17(14)8-4-12;1-2/h12-13H,2-11,15H2,1H3;1-2H3. The maximum absolute atomic E-state index is 13.0. The normalized spacial score (nSPS) is 23.7. The van der Waals surface area contributed by atoms with Crippen molar-refractivity contribution in [2.45, 2.75) is 52.5 Å². The second-order valence-corrected chi connectivity index (χ2v) is 5.71. The van der Waals surface area contributed by atoms with Gasteiger partial charge in [-0.3, -0.25) is 5.84 Å². The van der Waals surface area contributed by atoms with Gasteiger partial charge in [0, 0.05) is 38.8 Å². The van der Waals surface area contributed by atoms with Crippen molar-refractivity contribution < 1.29 is 4.48 Å². The van der Waals surface area contributed by atoms with E-state index in [2.05, 4.69) is 11.8 Å². The third-order valence-electron chi connectivity index (χ3n) is 4.47. The van der Waals surface area contributed by atoms with Crippen molar-refractivity contribution in [2.24, 2.45) is 11.8 Å². The van der Waals surface area contributed by atoms with Crippen LogP contribution in [0.3, 0.4) is 0 Å². The van der Waals surface area contributed by atoms with Crippen LogP contribution in [0.5, 0.6) is 0 Å². The zero-order valence-corrected chi connectivity index (χ0v) is 13.5. The molecule has 5 heteroatoms. The Morgan fingerprint density at radius 3 is 2.10 bits per heavy atom. The van der Waals surface area contributed by atoms with E-state index < -0.39 is 0 Å². The van der Waals surface area contributed by atoms with E-state index in [1.165, 1.54) is 12.8 Å². The molecule has 2 rings (SSSR count).